The molecule has 2 nitrogen and oxygen atoms in total. The lowest BCUT2D eigenvalue weighted by molar-refractivity contribution is 0.200. The highest BCUT2D eigenvalue weighted by Crippen LogP contribution is 2.24. The van der Waals surface area contributed by atoms with Crippen LogP contribution in [-0.4, -0.2) is 30.6 Å². The van der Waals surface area contributed by atoms with E-state index in [0.717, 1.165) is 18.2 Å². The van der Waals surface area contributed by atoms with E-state index >= 15 is 0 Å². The van der Waals surface area contributed by atoms with Crippen LogP contribution >= 0.6 is 0 Å². The second-order valence-electron chi connectivity index (χ2n) is 5.09. The molecule has 0 radical (unpaired) electrons. The molecule has 2 heteroatoms. The Balaban J connectivity index is 2.04. The van der Waals surface area contributed by atoms with Crippen molar-refractivity contribution in [2.24, 2.45) is 0 Å². The average molecular weight is 233 g/mol. The van der Waals surface area contributed by atoms with Crippen molar-refractivity contribution < 1.29 is 4.74 Å². The standard InChI is InChI=1S/C15H23NO/c1-12-7-6-10-16(12)13(2)11-14-8-4-5-9-15(14)17-3/h4-5,8-9,12-13H,6-7,10-11H2,1-3H3. The second kappa shape index (κ2) is 5.54. The highest BCUT2D eigenvalue weighted by molar-refractivity contribution is 5.33. The Morgan fingerprint density at radius 1 is 1.41 bits per heavy atom. The van der Waals surface area contributed by atoms with E-state index in [0.29, 0.717) is 6.04 Å². The van der Waals surface area contributed by atoms with Gasteiger partial charge in [-0.2, -0.15) is 0 Å². The fourth-order valence-corrected chi connectivity index (χ4v) is 2.92. The lowest BCUT2D eigenvalue weighted by Crippen LogP contribution is -2.37. The Labute approximate surface area is 105 Å². The fraction of sp³-hybridized carbons (Fsp3) is 0.600. The zero-order valence-electron chi connectivity index (χ0n) is 11.1. The molecule has 2 unspecified atom stereocenters. The van der Waals surface area contributed by atoms with Gasteiger partial charge in [-0.15, -0.1) is 0 Å². The number of hydrogen-bond acceptors (Lipinski definition) is 2. The number of rotatable bonds is 4. The maximum absolute atomic E-state index is 5.42. The van der Waals surface area contributed by atoms with Gasteiger partial charge >= 0.3 is 0 Å². The molecule has 2 atom stereocenters. The summed E-state index contributed by atoms with van der Waals surface area (Å²) in [5.41, 5.74) is 1.32. The van der Waals surface area contributed by atoms with Gasteiger partial charge in [0.2, 0.25) is 0 Å². The van der Waals surface area contributed by atoms with Gasteiger partial charge in [-0.05, 0) is 51.3 Å². The smallest absolute Gasteiger partial charge is 0.122 e. The number of para-hydroxylation sites is 1. The van der Waals surface area contributed by atoms with Crippen LogP contribution < -0.4 is 4.74 Å². The Kier molecular flexibility index (Phi) is 4.06. The quantitative estimate of drug-likeness (QED) is 0.792. The molecule has 1 aliphatic rings. The van der Waals surface area contributed by atoms with Gasteiger partial charge in [0.15, 0.2) is 0 Å². The van der Waals surface area contributed by atoms with Gasteiger partial charge in [-0.3, -0.25) is 4.90 Å². The first-order valence-electron chi connectivity index (χ1n) is 6.60. The normalized spacial score (nSPS) is 22.6. The molecule has 0 saturated carbocycles. The first kappa shape index (κ1) is 12.4. The van der Waals surface area contributed by atoms with Crippen molar-refractivity contribution in [1.82, 2.24) is 4.90 Å². The third-order valence-electron chi connectivity index (χ3n) is 3.88. The van der Waals surface area contributed by atoms with Crippen molar-refractivity contribution in [3.8, 4) is 5.75 Å². The molecule has 0 aromatic heterocycles. The Bertz CT molecular complexity index is 364. The lowest BCUT2D eigenvalue weighted by atomic mass is 10.0. The largest absolute Gasteiger partial charge is 0.496 e. The van der Waals surface area contributed by atoms with Crippen LogP contribution in [0.15, 0.2) is 24.3 Å². The number of ether oxygens (including phenoxy) is 1. The molecule has 17 heavy (non-hydrogen) atoms. The minimum Gasteiger partial charge on any atom is -0.496 e. The third-order valence-corrected chi connectivity index (χ3v) is 3.88. The minimum absolute atomic E-state index is 0.601. The zero-order valence-corrected chi connectivity index (χ0v) is 11.1. The van der Waals surface area contributed by atoms with Crippen LogP contribution in [0.3, 0.4) is 0 Å². The highest BCUT2D eigenvalue weighted by Gasteiger charge is 2.25. The van der Waals surface area contributed by atoms with E-state index < -0.39 is 0 Å². The summed E-state index contributed by atoms with van der Waals surface area (Å²) in [4.78, 5) is 2.62. The average Bonchev–Trinajstić information content (AvgIpc) is 2.76. The molecule has 1 fully saturated rings. The molecule has 2 rings (SSSR count). The summed E-state index contributed by atoms with van der Waals surface area (Å²) in [5.74, 6) is 1.02. The van der Waals surface area contributed by atoms with Crippen molar-refractivity contribution in [2.45, 2.75) is 45.2 Å². The molecule has 1 aromatic carbocycles. The molecule has 0 spiro atoms. The van der Waals surface area contributed by atoms with Gasteiger partial charge in [-0.25, -0.2) is 0 Å². The monoisotopic (exact) mass is 233 g/mol. The summed E-state index contributed by atoms with van der Waals surface area (Å²) in [6.07, 6.45) is 3.77. The molecule has 0 bridgehead atoms. The Morgan fingerprint density at radius 3 is 2.82 bits per heavy atom. The van der Waals surface area contributed by atoms with Crippen LogP contribution in [0.5, 0.6) is 5.75 Å². The Morgan fingerprint density at radius 2 is 2.18 bits per heavy atom. The van der Waals surface area contributed by atoms with Crippen LogP contribution in [0.1, 0.15) is 32.3 Å². The molecule has 0 amide bonds. The summed E-state index contributed by atoms with van der Waals surface area (Å²) < 4.78 is 5.42. The molecular weight excluding hydrogens is 210 g/mol. The van der Waals surface area contributed by atoms with Crippen molar-refractivity contribution in [2.75, 3.05) is 13.7 Å². The van der Waals surface area contributed by atoms with Crippen LogP contribution in [-0.2, 0) is 6.42 Å². The van der Waals surface area contributed by atoms with E-state index in [9.17, 15) is 0 Å². The number of hydrogen-bond donors (Lipinski definition) is 0. The summed E-state index contributed by atoms with van der Waals surface area (Å²) in [6.45, 7) is 5.91. The van der Waals surface area contributed by atoms with E-state index in [1.165, 1.54) is 24.9 Å². The zero-order chi connectivity index (χ0) is 12.3. The van der Waals surface area contributed by atoms with Crippen LogP contribution in [0, 0.1) is 0 Å². The van der Waals surface area contributed by atoms with Crippen LogP contribution in [0.2, 0.25) is 0 Å². The maximum atomic E-state index is 5.42. The van der Waals surface area contributed by atoms with Gasteiger partial charge in [-0.1, -0.05) is 18.2 Å². The van der Waals surface area contributed by atoms with E-state index in [4.69, 9.17) is 4.74 Å². The number of benzene rings is 1. The van der Waals surface area contributed by atoms with Crippen molar-refractivity contribution >= 4 is 0 Å². The third kappa shape index (κ3) is 2.81. The number of nitrogens with zero attached hydrogens (tertiary/aromatic N) is 1. The molecule has 0 N–H and O–H groups in total. The molecule has 0 aliphatic carbocycles. The SMILES string of the molecule is COc1ccccc1CC(C)N1CCCC1C. The lowest BCUT2D eigenvalue weighted by Gasteiger charge is -2.29. The first-order valence-corrected chi connectivity index (χ1v) is 6.60. The minimum atomic E-state index is 0.601. The second-order valence-corrected chi connectivity index (χ2v) is 5.09. The first-order chi connectivity index (χ1) is 8.22. The number of likely N-dealkylation sites (tertiary alicyclic amines) is 1. The van der Waals surface area contributed by atoms with E-state index in [2.05, 4.69) is 36.9 Å². The van der Waals surface area contributed by atoms with Gasteiger partial charge in [0.1, 0.15) is 5.75 Å². The van der Waals surface area contributed by atoms with E-state index in [1.807, 2.05) is 6.07 Å². The van der Waals surface area contributed by atoms with Gasteiger partial charge in [0.05, 0.1) is 7.11 Å². The summed E-state index contributed by atoms with van der Waals surface area (Å²) in [5, 5.41) is 0. The van der Waals surface area contributed by atoms with Gasteiger partial charge in [0, 0.05) is 12.1 Å². The number of methoxy groups -OCH3 is 1. The highest BCUT2D eigenvalue weighted by atomic mass is 16.5. The Hall–Kier alpha value is -1.02. The maximum Gasteiger partial charge on any atom is 0.122 e. The van der Waals surface area contributed by atoms with E-state index in [1.54, 1.807) is 7.11 Å². The molecule has 1 aliphatic heterocycles. The topological polar surface area (TPSA) is 12.5 Å². The molecule has 1 heterocycles. The predicted molar refractivity (Wildman–Crippen MR) is 71.6 cm³/mol. The molecule has 1 saturated heterocycles. The molecule has 94 valence electrons. The van der Waals surface area contributed by atoms with Crippen molar-refractivity contribution in [3.63, 3.8) is 0 Å². The van der Waals surface area contributed by atoms with Gasteiger partial charge < -0.3 is 4.74 Å². The molecule has 1 aromatic rings. The predicted octanol–water partition coefficient (Wildman–Crippen LogP) is 3.11. The summed E-state index contributed by atoms with van der Waals surface area (Å²) in [7, 11) is 1.75. The van der Waals surface area contributed by atoms with Crippen molar-refractivity contribution in [3.05, 3.63) is 29.8 Å². The van der Waals surface area contributed by atoms with Gasteiger partial charge in [0.25, 0.3) is 0 Å². The van der Waals surface area contributed by atoms with Crippen LogP contribution in [0.4, 0.5) is 0 Å². The molecular formula is C15H23NO. The van der Waals surface area contributed by atoms with E-state index in [-0.39, 0.29) is 0 Å². The van der Waals surface area contributed by atoms with Crippen molar-refractivity contribution in [1.29, 1.82) is 0 Å². The summed E-state index contributed by atoms with van der Waals surface area (Å²) in [6, 6.07) is 9.69. The fourth-order valence-electron chi connectivity index (χ4n) is 2.92. The summed E-state index contributed by atoms with van der Waals surface area (Å²) >= 11 is 0. The van der Waals surface area contributed by atoms with Crippen LogP contribution in [0.25, 0.3) is 0 Å².